The Morgan fingerprint density at radius 3 is 3.15 bits per heavy atom. The largest absolute Gasteiger partial charge is 0.346 e. The van der Waals surface area contributed by atoms with Crippen molar-refractivity contribution in [3.05, 3.63) is 29.2 Å². The van der Waals surface area contributed by atoms with E-state index < -0.39 is 0 Å². The van der Waals surface area contributed by atoms with Gasteiger partial charge in [-0.05, 0) is 32.3 Å². The van der Waals surface area contributed by atoms with Crippen molar-refractivity contribution in [3.8, 4) is 0 Å². The molecule has 2 aliphatic heterocycles. The predicted molar refractivity (Wildman–Crippen MR) is 109 cm³/mol. The van der Waals surface area contributed by atoms with E-state index in [1.54, 1.807) is 18.1 Å². The highest BCUT2D eigenvalue weighted by atomic mass is 32.2. The van der Waals surface area contributed by atoms with Gasteiger partial charge in [-0.1, -0.05) is 0 Å². The quantitative estimate of drug-likeness (QED) is 0.735. The number of quaternary nitrogens is 1. The Labute approximate surface area is 163 Å². The van der Waals surface area contributed by atoms with Gasteiger partial charge in [-0.3, -0.25) is 4.79 Å². The van der Waals surface area contributed by atoms with Crippen LogP contribution in [0.4, 0.5) is 5.82 Å². The Morgan fingerprint density at radius 2 is 2.33 bits per heavy atom. The van der Waals surface area contributed by atoms with Crippen LogP contribution < -0.4 is 15.5 Å². The topological polar surface area (TPSA) is 90.5 Å². The number of carbonyl (C=O) groups excluding carboxylic acids is 1. The van der Waals surface area contributed by atoms with E-state index in [9.17, 15) is 4.79 Å². The molecule has 2 aromatic heterocycles. The maximum atomic E-state index is 12.8. The number of nitrogens with zero attached hydrogens (tertiary/aromatic N) is 3. The van der Waals surface area contributed by atoms with Gasteiger partial charge >= 0.3 is 0 Å². The molecule has 144 valence electrons. The number of anilines is 1. The molecule has 4 heterocycles. The summed E-state index contributed by atoms with van der Waals surface area (Å²) >= 11 is 1.62. The van der Waals surface area contributed by atoms with Crippen molar-refractivity contribution in [2.75, 3.05) is 23.7 Å². The van der Waals surface area contributed by atoms with Crippen LogP contribution in [0, 0.1) is 6.92 Å². The fourth-order valence-electron chi connectivity index (χ4n) is 3.92. The third-order valence-electron chi connectivity index (χ3n) is 5.47. The first-order valence-electron chi connectivity index (χ1n) is 9.67. The zero-order valence-corrected chi connectivity index (χ0v) is 16.7. The van der Waals surface area contributed by atoms with E-state index >= 15 is 0 Å². The molecule has 7 nitrogen and oxygen atoms in total. The second-order valence-corrected chi connectivity index (χ2v) is 8.51. The number of fused-ring (bicyclic) bond motifs is 1. The van der Waals surface area contributed by atoms with E-state index in [0.29, 0.717) is 6.04 Å². The van der Waals surface area contributed by atoms with Gasteiger partial charge in [0.25, 0.3) is 5.91 Å². The normalized spacial score (nSPS) is 21.8. The third kappa shape index (κ3) is 3.82. The van der Waals surface area contributed by atoms with Gasteiger partial charge in [0.2, 0.25) is 0 Å². The minimum atomic E-state index is 0.0206. The molecule has 1 unspecified atom stereocenters. The molecule has 0 saturated carbocycles. The van der Waals surface area contributed by atoms with Gasteiger partial charge in [0.1, 0.15) is 23.8 Å². The summed E-state index contributed by atoms with van der Waals surface area (Å²) in [5, 5.41) is 6.60. The maximum absolute atomic E-state index is 12.8. The van der Waals surface area contributed by atoms with Crippen molar-refractivity contribution in [1.29, 1.82) is 0 Å². The fourth-order valence-corrected chi connectivity index (χ4v) is 4.82. The van der Waals surface area contributed by atoms with E-state index in [0.717, 1.165) is 46.2 Å². The van der Waals surface area contributed by atoms with E-state index in [1.807, 2.05) is 19.3 Å². The molecule has 1 fully saturated rings. The molecule has 0 radical (unpaired) electrons. The molecule has 0 aliphatic carbocycles. The molecule has 2 aliphatic rings. The first kappa shape index (κ1) is 18.3. The number of aromatic nitrogens is 3. The van der Waals surface area contributed by atoms with Crippen molar-refractivity contribution >= 4 is 34.5 Å². The number of thioether (sulfide) groups is 1. The van der Waals surface area contributed by atoms with Gasteiger partial charge in [-0.15, -0.1) is 11.8 Å². The number of nitrogens with one attached hydrogen (secondary N) is 2. The molecule has 0 aromatic carbocycles. The molecule has 1 saturated heterocycles. The van der Waals surface area contributed by atoms with Crippen LogP contribution in [-0.4, -0.2) is 51.8 Å². The van der Waals surface area contributed by atoms with E-state index in [2.05, 4.69) is 37.4 Å². The van der Waals surface area contributed by atoms with Crippen molar-refractivity contribution in [2.45, 2.75) is 45.2 Å². The Bertz CT molecular complexity index is 857. The van der Waals surface area contributed by atoms with Crippen LogP contribution in [0.5, 0.6) is 0 Å². The van der Waals surface area contributed by atoms with Crippen molar-refractivity contribution < 1.29 is 10.1 Å². The zero-order chi connectivity index (χ0) is 18.8. The molecule has 4 rings (SSSR count). The average molecular weight is 388 g/mol. The molecule has 1 amide bonds. The Balaban J connectivity index is 1.52. The first-order valence-corrected chi connectivity index (χ1v) is 10.7. The highest BCUT2D eigenvalue weighted by Crippen LogP contribution is 2.30. The van der Waals surface area contributed by atoms with Gasteiger partial charge in [0, 0.05) is 31.1 Å². The number of carbonyl (C=O) groups is 1. The van der Waals surface area contributed by atoms with Crippen LogP contribution in [-0.2, 0) is 4.79 Å². The molecule has 2 atom stereocenters. The van der Waals surface area contributed by atoms with Crippen LogP contribution in [0.25, 0.3) is 11.0 Å². The third-order valence-corrected chi connectivity index (χ3v) is 6.46. The highest BCUT2D eigenvalue weighted by Gasteiger charge is 2.27. The van der Waals surface area contributed by atoms with Gasteiger partial charge in [0.15, 0.2) is 0 Å². The lowest BCUT2D eigenvalue weighted by atomic mass is 9.99. The van der Waals surface area contributed by atoms with Gasteiger partial charge in [0.05, 0.1) is 22.9 Å². The number of hydrogen-bond donors (Lipinski definition) is 3. The summed E-state index contributed by atoms with van der Waals surface area (Å²) in [6.45, 7) is 6.15. The lowest BCUT2D eigenvalue weighted by Gasteiger charge is -2.28. The smallest absolute Gasteiger partial charge is 0.259 e. The van der Waals surface area contributed by atoms with Gasteiger partial charge in [-0.25, -0.2) is 9.97 Å². The number of rotatable bonds is 4. The van der Waals surface area contributed by atoms with E-state index in [1.165, 1.54) is 19.3 Å². The van der Waals surface area contributed by atoms with Crippen molar-refractivity contribution in [3.63, 3.8) is 0 Å². The number of nitrogens with two attached hydrogens (primary N) is 1. The van der Waals surface area contributed by atoms with Crippen LogP contribution >= 0.6 is 11.8 Å². The second-order valence-electron chi connectivity index (χ2n) is 7.37. The van der Waals surface area contributed by atoms with E-state index in [-0.39, 0.29) is 11.9 Å². The average Bonchev–Trinajstić information content (AvgIpc) is 3.10. The summed E-state index contributed by atoms with van der Waals surface area (Å²) in [4.78, 5) is 27.6. The predicted octanol–water partition coefficient (Wildman–Crippen LogP) is 1.28. The number of H-pyrrole nitrogens is 1. The molecule has 4 N–H and O–H groups in total. The highest BCUT2D eigenvalue weighted by molar-refractivity contribution is 8.04. The fraction of sp³-hybridized carbons (Fsp3) is 0.526. The van der Waals surface area contributed by atoms with Crippen LogP contribution in [0.1, 0.15) is 31.7 Å². The van der Waals surface area contributed by atoms with E-state index in [4.69, 9.17) is 0 Å². The Morgan fingerprint density at radius 1 is 1.44 bits per heavy atom. The summed E-state index contributed by atoms with van der Waals surface area (Å²) in [6, 6.07) is 0.657. The number of amides is 1. The van der Waals surface area contributed by atoms with Crippen LogP contribution in [0.15, 0.2) is 23.6 Å². The lowest BCUT2D eigenvalue weighted by molar-refractivity contribution is -0.699. The van der Waals surface area contributed by atoms with Crippen LogP contribution in [0.2, 0.25) is 0 Å². The summed E-state index contributed by atoms with van der Waals surface area (Å²) in [7, 11) is 0. The molecule has 27 heavy (non-hydrogen) atoms. The first-order chi connectivity index (χ1) is 13.1. The number of aromatic amines is 1. The monoisotopic (exact) mass is 387 g/mol. The molecule has 0 spiro atoms. The number of aryl methyl sites for hydroxylation is 1. The van der Waals surface area contributed by atoms with Gasteiger partial charge < -0.3 is 20.5 Å². The number of hydrogen-bond acceptors (Lipinski definition) is 5. The molecule has 0 bridgehead atoms. The standard InChI is InChI=1S/C19H26N6OS/c1-12-9-21-17-16(12)18(23-11-22-17)25-7-8-27-15(10-25)19(26)24-13(2)14-5-3-4-6-20-14/h9-11,13-14,20H,3-8H2,1-2H3,(H,24,26)(H,21,22,23)/p+1/t13?,14-/m0/s1. The SMILES string of the molecule is Cc1c[nH]c2ncnc(N3C=C(C(=O)NC(C)[C@@H]4CCCC[NH2+]4)SCC3)c12. The minimum absolute atomic E-state index is 0.0206. The lowest BCUT2D eigenvalue weighted by Crippen LogP contribution is -2.94. The summed E-state index contributed by atoms with van der Waals surface area (Å²) in [6.07, 6.45) is 9.16. The molecular weight excluding hydrogens is 360 g/mol. The Kier molecular flexibility index (Phi) is 5.36. The molecule has 2 aromatic rings. The molecular formula is C19H27N6OS+. The summed E-state index contributed by atoms with van der Waals surface area (Å²) < 4.78 is 0. The molecule has 8 heteroatoms. The summed E-state index contributed by atoms with van der Waals surface area (Å²) in [5.41, 5.74) is 1.94. The summed E-state index contributed by atoms with van der Waals surface area (Å²) in [5.74, 6) is 1.74. The second kappa shape index (κ2) is 7.90. The zero-order valence-electron chi connectivity index (χ0n) is 15.9. The van der Waals surface area contributed by atoms with Crippen molar-refractivity contribution in [2.24, 2.45) is 0 Å². The van der Waals surface area contributed by atoms with Gasteiger partial charge in [-0.2, -0.15) is 0 Å². The maximum Gasteiger partial charge on any atom is 0.259 e. The Hall–Kier alpha value is -2.06. The van der Waals surface area contributed by atoms with Crippen molar-refractivity contribution in [1.82, 2.24) is 20.3 Å². The minimum Gasteiger partial charge on any atom is -0.346 e. The number of piperidine rings is 1. The van der Waals surface area contributed by atoms with Crippen LogP contribution in [0.3, 0.4) is 0 Å².